The Labute approximate surface area is 105 Å². The van der Waals surface area contributed by atoms with Gasteiger partial charge in [-0.05, 0) is 12.1 Å². The number of carbonyl (C=O) groups excluding carboxylic acids is 1. The highest BCUT2D eigenvalue weighted by Gasteiger charge is 2.24. The highest BCUT2D eigenvalue weighted by atomic mass is 32.2. The molecule has 0 aliphatic rings. The molecule has 0 unspecified atom stereocenters. The van der Waals surface area contributed by atoms with E-state index in [9.17, 15) is 13.2 Å². The molecule has 0 fully saturated rings. The van der Waals surface area contributed by atoms with Gasteiger partial charge < -0.3 is 4.74 Å². The van der Waals surface area contributed by atoms with Crippen LogP contribution in [0, 0.1) is 11.3 Å². The van der Waals surface area contributed by atoms with E-state index in [1.54, 1.807) is 12.1 Å². The van der Waals surface area contributed by atoms with Crippen molar-refractivity contribution in [1.29, 1.82) is 5.26 Å². The van der Waals surface area contributed by atoms with Gasteiger partial charge in [-0.2, -0.15) is 5.26 Å². The molecular formula is C11H12N2O4S. The number of esters is 1. The maximum absolute atomic E-state index is 11.9. The van der Waals surface area contributed by atoms with Gasteiger partial charge in [0.05, 0.1) is 18.4 Å². The molecule has 1 aromatic carbocycles. The van der Waals surface area contributed by atoms with Crippen LogP contribution < -0.4 is 4.31 Å². The SMILES string of the molecule is COC(=O)CS(=O)(=O)N(C)c1ccccc1C#N. The lowest BCUT2D eigenvalue weighted by atomic mass is 10.2. The number of sulfonamides is 1. The molecular weight excluding hydrogens is 256 g/mol. The molecule has 0 atom stereocenters. The average molecular weight is 268 g/mol. The maximum Gasteiger partial charge on any atom is 0.322 e. The predicted octanol–water partition coefficient (Wildman–Crippen LogP) is 0.497. The first-order valence-electron chi connectivity index (χ1n) is 4.95. The number of para-hydroxylation sites is 1. The van der Waals surface area contributed by atoms with Crippen molar-refractivity contribution in [1.82, 2.24) is 0 Å². The van der Waals surface area contributed by atoms with Crippen LogP contribution in [-0.2, 0) is 19.6 Å². The molecule has 0 amide bonds. The van der Waals surface area contributed by atoms with E-state index in [0.717, 1.165) is 11.4 Å². The number of ether oxygens (including phenoxy) is 1. The largest absolute Gasteiger partial charge is 0.468 e. The zero-order valence-electron chi connectivity index (χ0n) is 9.95. The molecule has 0 radical (unpaired) electrons. The first kappa shape index (κ1) is 14.0. The van der Waals surface area contributed by atoms with Crippen molar-refractivity contribution >= 4 is 21.7 Å². The van der Waals surface area contributed by atoms with Crippen LogP contribution in [0.2, 0.25) is 0 Å². The summed E-state index contributed by atoms with van der Waals surface area (Å²) in [6.45, 7) is 0. The molecule has 18 heavy (non-hydrogen) atoms. The van der Waals surface area contributed by atoms with Crippen molar-refractivity contribution in [2.24, 2.45) is 0 Å². The number of hydrogen-bond acceptors (Lipinski definition) is 5. The van der Waals surface area contributed by atoms with Crippen LogP contribution in [0.15, 0.2) is 24.3 Å². The molecule has 1 aromatic rings. The van der Waals surface area contributed by atoms with Crippen molar-refractivity contribution in [3.63, 3.8) is 0 Å². The summed E-state index contributed by atoms with van der Waals surface area (Å²) in [6, 6.07) is 8.13. The lowest BCUT2D eigenvalue weighted by molar-refractivity contribution is -0.137. The lowest BCUT2D eigenvalue weighted by Gasteiger charge is -2.19. The summed E-state index contributed by atoms with van der Waals surface area (Å²) in [7, 11) is -1.45. The average Bonchev–Trinajstić information content (AvgIpc) is 2.37. The van der Waals surface area contributed by atoms with Gasteiger partial charge in [-0.1, -0.05) is 12.1 Å². The van der Waals surface area contributed by atoms with Crippen molar-refractivity contribution in [3.8, 4) is 6.07 Å². The van der Waals surface area contributed by atoms with Crippen LogP contribution in [0.25, 0.3) is 0 Å². The Hall–Kier alpha value is -2.07. The van der Waals surface area contributed by atoms with Gasteiger partial charge in [-0.3, -0.25) is 9.10 Å². The Balaban J connectivity index is 3.11. The second-order valence-electron chi connectivity index (χ2n) is 3.43. The van der Waals surface area contributed by atoms with Crippen molar-refractivity contribution in [2.75, 3.05) is 24.2 Å². The monoisotopic (exact) mass is 268 g/mol. The predicted molar refractivity (Wildman–Crippen MR) is 65.4 cm³/mol. The van der Waals surface area contributed by atoms with E-state index < -0.39 is 21.7 Å². The number of rotatable bonds is 4. The second-order valence-corrected chi connectivity index (χ2v) is 5.43. The third-order valence-electron chi connectivity index (χ3n) is 2.31. The number of hydrogen-bond donors (Lipinski definition) is 0. The van der Waals surface area contributed by atoms with Crippen molar-refractivity contribution < 1.29 is 17.9 Å². The Morgan fingerprint density at radius 1 is 1.44 bits per heavy atom. The number of nitriles is 1. The molecule has 0 N–H and O–H groups in total. The summed E-state index contributed by atoms with van der Waals surface area (Å²) < 4.78 is 29.0. The van der Waals surface area contributed by atoms with Gasteiger partial charge in [0.2, 0.25) is 10.0 Å². The fourth-order valence-corrected chi connectivity index (χ4v) is 2.37. The quantitative estimate of drug-likeness (QED) is 0.742. The molecule has 0 saturated carbocycles. The zero-order chi connectivity index (χ0) is 13.8. The first-order chi connectivity index (χ1) is 8.42. The molecule has 0 heterocycles. The summed E-state index contributed by atoms with van der Waals surface area (Å²) in [6.07, 6.45) is 0. The maximum atomic E-state index is 11.9. The van der Waals surface area contributed by atoms with E-state index in [2.05, 4.69) is 4.74 Å². The fourth-order valence-electron chi connectivity index (χ4n) is 1.30. The third-order valence-corrected chi connectivity index (χ3v) is 3.94. The summed E-state index contributed by atoms with van der Waals surface area (Å²) in [5.41, 5.74) is 0.442. The van der Waals surface area contributed by atoms with Crippen molar-refractivity contribution in [2.45, 2.75) is 0 Å². The lowest BCUT2D eigenvalue weighted by Crippen LogP contribution is -2.33. The fraction of sp³-hybridized carbons (Fsp3) is 0.273. The number of nitrogens with zero attached hydrogens (tertiary/aromatic N) is 2. The number of anilines is 1. The summed E-state index contributed by atoms with van der Waals surface area (Å²) in [5.74, 6) is -1.61. The summed E-state index contributed by atoms with van der Waals surface area (Å²) >= 11 is 0. The smallest absolute Gasteiger partial charge is 0.322 e. The molecule has 0 aliphatic heterocycles. The molecule has 0 aromatic heterocycles. The van der Waals surface area contributed by atoms with E-state index in [0.29, 0.717) is 0 Å². The molecule has 1 rings (SSSR count). The third kappa shape index (κ3) is 2.99. The number of benzene rings is 1. The van der Waals surface area contributed by atoms with E-state index in [4.69, 9.17) is 5.26 Å². The molecule has 0 bridgehead atoms. The van der Waals surface area contributed by atoms with Gasteiger partial charge in [0.25, 0.3) is 0 Å². The van der Waals surface area contributed by atoms with E-state index >= 15 is 0 Å². The van der Waals surface area contributed by atoms with E-state index in [1.165, 1.54) is 19.2 Å². The van der Waals surface area contributed by atoms with E-state index in [1.807, 2.05) is 6.07 Å². The molecule has 0 aliphatic carbocycles. The van der Waals surface area contributed by atoms with Crippen LogP contribution in [0.1, 0.15) is 5.56 Å². The van der Waals surface area contributed by atoms with Crippen LogP contribution in [0.3, 0.4) is 0 Å². The highest BCUT2D eigenvalue weighted by Crippen LogP contribution is 2.21. The van der Waals surface area contributed by atoms with Crippen LogP contribution in [-0.4, -0.2) is 34.3 Å². The normalized spacial score (nSPS) is 10.5. The Morgan fingerprint density at radius 3 is 2.61 bits per heavy atom. The summed E-state index contributed by atoms with van der Waals surface area (Å²) in [4.78, 5) is 11.0. The van der Waals surface area contributed by atoms with Crippen LogP contribution >= 0.6 is 0 Å². The second kappa shape index (κ2) is 5.51. The highest BCUT2D eigenvalue weighted by molar-refractivity contribution is 7.93. The van der Waals surface area contributed by atoms with Gasteiger partial charge >= 0.3 is 5.97 Å². The summed E-state index contributed by atoms with van der Waals surface area (Å²) in [5, 5.41) is 8.90. The minimum absolute atomic E-state index is 0.216. The van der Waals surface area contributed by atoms with Gasteiger partial charge in [-0.15, -0.1) is 0 Å². The van der Waals surface area contributed by atoms with Gasteiger partial charge in [0.15, 0.2) is 5.75 Å². The Bertz CT molecular complexity index is 589. The first-order valence-corrected chi connectivity index (χ1v) is 6.56. The Kier molecular flexibility index (Phi) is 4.28. The minimum atomic E-state index is -3.85. The van der Waals surface area contributed by atoms with Crippen LogP contribution in [0.4, 0.5) is 5.69 Å². The minimum Gasteiger partial charge on any atom is -0.468 e. The standard InChI is InChI=1S/C11H12N2O4S/c1-13(18(15,16)8-11(14)17-2)10-6-4-3-5-9(10)7-12/h3-6H,8H2,1-2H3. The Morgan fingerprint density at radius 2 is 2.06 bits per heavy atom. The van der Waals surface area contributed by atoms with Crippen LogP contribution in [0.5, 0.6) is 0 Å². The molecule has 0 spiro atoms. The van der Waals surface area contributed by atoms with Crippen molar-refractivity contribution in [3.05, 3.63) is 29.8 Å². The van der Waals surface area contributed by atoms with Gasteiger partial charge in [0.1, 0.15) is 6.07 Å². The number of methoxy groups -OCH3 is 1. The number of carbonyl (C=O) groups is 1. The molecule has 6 nitrogen and oxygen atoms in total. The topological polar surface area (TPSA) is 87.5 Å². The molecule has 0 saturated heterocycles. The molecule has 7 heteroatoms. The van der Waals surface area contributed by atoms with Gasteiger partial charge in [-0.25, -0.2) is 8.42 Å². The van der Waals surface area contributed by atoms with E-state index in [-0.39, 0.29) is 11.3 Å². The molecule has 96 valence electrons. The van der Waals surface area contributed by atoms with Gasteiger partial charge in [0, 0.05) is 7.05 Å². The zero-order valence-corrected chi connectivity index (χ0v) is 10.8.